The van der Waals surface area contributed by atoms with Crippen LogP contribution in [0.3, 0.4) is 0 Å². The Balaban J connectivity index is 2.22. The number of nitrogens with one attached hydrogen (secondary N) is 1. The fraction of sp³-hybridized carbons (Fsp3) is 0.0769. The largest absolute Gasteiger partial charge is 0.506 e. The number of amides is 1. The van der Waals surface area contributed by atoms with E-state index < -0.39 is 11.9 Å². The van der Waals surface area contributed by atoms with Crippen molar-refractivity contribution in [3.8, 4) is 5.75 Å². The van der Waals surface area contributed by atoms with Crippen molar-refractivity contribution in [3.63, 3.8) is 0 Å². The molecule has 0 saturated carbocycles. The number of aromatic hydroxyl groups is 1. The second-order valence-electron chi connectivity index (χ2n) is 3.78. The zero-order valence-corrected chi connectivity index (χ0v) is 11.9. The molecule has 104 valence electrons. The van der Waals surface area contributed by atoms with Gasteiger partial charge < -0.3 is 15.2 Å². The molecule has 7 heteroatoms. The summed E-state index contributed by atoms with van der Waals surface area (Å²) in [7, 11) is 1.27. The molecule has 0 atom stereocenters. The van der Waals surface area contributed by atoms with E-state index in [0.29, 0.717) is 10.6 Å². The topological polar surface area (TPSA) is 75.6 Å². The molecular weight excluding hydrogens is 302 g/mol. The molecule has 0 fully saturated rings. The average Bonchev–Trinajstić information content (AvgIpc) is 2.89. The summed E-state index contributed by atoms with van der Waals surface area (Å²) >= 11 is 6.91. The smallest absolute Gasteiger partial charge is 0.350 e. The number of esters is 1. The Hall–Kier alpha value is -2.05. The van der Waals surface area contributed by atoms with Gasteiger partial charge in [-0.2, -0.15) is 0 Å². The number of carbonyl (C=O) groups excluding carboxylic acids is 2. The van der Waals surface area contributed by atoms with Crippen LogP contribution in [-0.2, 0) is 4.74 Å². The summed E-state index contributed by atoms with van der Waals surface area (Å²) in [6.07, 6.45) is 0. The highest BCUT2D eigenvalue weighted by Crippen LogP contribution is 2.26. The molecule has 2 aromatic rings. The molecule has 2 N–H and O–H groups in total. The lowest BCUT2D eigenvalue weighted by atomic mass is 10.2. The van der Waals surface area contributed by atoms with Crippen LogP contribution in [0.25, 0.3) is 0 Å². The quantitative estimate of drug-likeness (QED) is 0.854. The molecule has 1 amide bonds. The number of halogens is 1. The number of hydrogen-bond donors (Lipinski definition) is 2. The van der Waals surface area contributed by atoms with Gasteiger partial charge in [-0.3, -0.25) is 4.79 Å². The minimum absolute atomic E-state index is 0.0798. The summed E-state index contributed by atoms with van der Waals surface area (Å²) in [6, 6.07) is 5.71. The van der Waals surface area contributed by atoms with Gasteiger partial charge in [-0.05, 0) is 29.6 Å². The maximum atomic E-state index is 12.0. The van der Waals surface area contributed by atoms with Crippen molar-refractivity contribution < 1.29 is 19.4 Å². The Morgan fingerprint density at radius 2 is 2.10 bits per heavy atom. The molecule has 20 heavy (non-hydrogen) atoms. The zero-order valence-electron chi connectivity index (χ0n) is 10.3. The zero-order chi connectivity index (χ0) is 14.7. The van der Waals surface area contributed by atoms with E-state index in [2.05, 4.69) is 10.1 Å². The van der Waals surface area contributed by atoms with Gasteiger partial charge in [0.25, 0.3) is 5.91 Å². The number of phenolic OH excluding ortho intramolecular Hbond substituents is 1. The highest BCUT2D eigenvalue weighted by atomic mass is 35.5. The third kappa shape index (κ3) is 2.92. The standard InChI is InChI=1S/C13H10ClNO4S/c1-19-13(18)11-9(4-5-20-11)15-12(17)7-2-3-10(16)8(14)6-7/h2-6,16H,1H3,(H,15,17). The molecule has 0 aliphatic carbocycles. The molecule has 0 aliphatic heterocycles. The van der Waals surface area contributed by atoms with Crippen LogP contribution in [-0.4, -0.2) is 24.1 Å². The highest BCUT2D eigenvalue weighted by Gasteiger charge is 2.16. The van der Waals surface area contributed by atoms with Crippen LogP contribution in [0.5, 0.6) is 5.75 Å². The third-order valence-corrected chi connectivity index (χ3v) is 3.69. The first kappa shape index (κ1) is 14.4. The Labute approximate surface area is 123 Å². The summed E-state index contributed by atoms with van der Waals surface area (Å²) in [5, 5.41) is 13.7. The molecule has 5 nitrogen and oxygen atoms in total. The first-order valence-corrected chi connectivity index (χ1v) is 6.74. The molecule has 1 aromatic carbocycles. The number of thiophene rings is 1. The van der Waals surface area contributed by atoms with E-state index in [9.17, 15) is 14.7 Å². The fourth-order valence-electron chi connectivity index (χ4n) is 1.50. The van der Waals surface area contributed by atoms with Crippen LogP contribution in [0.4, 0.5) is 5.69 Å². The SMILES string of the molecule is COC(=O)c1sccc1NC(=O)c1ccc(O)c(Cl)c1. The highest BCUT2D eigenvalue weighted by molar-refractivity contribution is 7.12. The van der Waals surface area contributed by atoms with Gasteiger partial charge in [0.05, 0.1) is 17.8 Å². The predicted molar refractivity (Wildman–Crippen MR) is 76.7 cm³/mol. The van der Waals surface area contributed by atoms with Crippen LogP contribution in [0.2, 0.25) is 5.02 Å². The molecule has 1 aromatic heterocycles. The number of methoxy groups -OCH3 is 1. The van der Waals surface area contributed by atoms with Crippen molar-refractivity contribution in [3.05, 3.63) is 45.1 Å². The van der Waals surface area contributed by atoms with Gasteiger partial charge in [-0.25, -0.2) is 4.79 Å². The van der Waals surface area contributed by atoms with Crippen LogP contribution in [0, 0.1) is 0 Å². The van der Waals surface area contributed by atoms with Gasteiger partial charge in [0.1, 0.15) is 10.6 Å². The van der Waals surface area contributed by atoms with Gasteiger partial charge in [0.15, 0.2) is 0 Å². The van der Waals surface area contributed by atoms with E-state index >= 15 is 0 Å². The number of anilines is 1. The van der Waals surface area contributed by atoms with Crippen LogP contribution < -0.4 is 5.32 Å². The Kier molecular flexibility index (Phi) is 4.26. The maximum absolute atomic E-state index is 12.0. The number of benzene rings is 1. The minimum Gasteiger partial charge on any atom is -0.506 e. The first-order valence-electron chi connectivity index (χ1n) is 5.48. The summed E-state index contributed by atoms with van der Waals surface area (Å²) in [5.74, 6) is -1.05. The van der Waals surface area contributed by atoms with Crippen molar-refractivity contribution in [2.75, 3.05) is 12.4 Å². The lowest BCUT2D eigenvalue weighted by Gasteiger charge is -2.06. The average molecular weight is 312 g/mol. The van der Waals surface area contributed by atoms with Gasteiger partial charge in [0.2, 0.25) is 0 Å². The number of hydrogen-bond acceptors (Lipinski definition) is 5. The number of carbonyl (C=O) groups is 2. The monoisotopic (exact) mass is 311 g/mol. The molecule has 1 heterocycles. The van der Waals surface area contributed by atoms with Crippen molar-refractivity contribution in [1.82, 2.24) is 0 Å². The molecule has 0 saturated heterocycles. The van der Waals surface area contributed by atoms with Crippen molar-refractivity contribution in [2.24, 2.45) is 0 Å². The summed E-state index contributed by atoms with van der Waals surface area (Å²) in [4.78, 5) is 23.8. The van der Waals surface area contributed by atoms with E-state index in [-0.39, 0.29) is 16.3 Å². The third-order valence-electron chi connectivity index (χ3n) is 2.49. The fourth-order valence-corrected chi connectivity index (χ4v) is 2.45. The summed E-state index contributed by atoms with van der Waals surface area (Å²) < 4.78 is 4.62. The van der Waals surface area contributed by atoms with E-state index in [4.69, 9.17) is 11.6 Å². The molecule has 0 unspecified atom stereocenters. The maximum Gasteiger partial charge on any atom is 0.350 e. The number of ether oxygens (including phenoxy) is 1. The first-order chi connectivity index (χ1) is 9.52. The van der Waals surface area contributed by atoms with Crippen LogP contribution >= 0.6 is 22.9 Å². The van der Waals surface area contributed by atoms with Crippen LogP contribution in [0.1, 0.15) is 20.0 Å². The molecule has 2 rings (SSSR count). The Bertz CT molecular complexity index is 668. The van der Waals surface area contributed by atoms with Crippen molar-refractivity contribution in [1.29, 1.82) is 0 Å². The summed E-state index contributed by atoms with van der Waals surface area (Å²) in [5.41, 5.74) is 0.644. The lowest BCUT2D eigenvalue weighted by Crippen LogP contribution is -2.13. The van der Waals surface area contributed by atoms with Gasteiger partial charge in [-0.15, -0.1) is 11.3 Å². The second-order valence-corrected chi connectivity index (χ2v) is 5.10. The van der Waals surface area contributed by atoms with Crippen molar-refractivity contribution >= 4 is 40.5 Å². The van der Waals surface area contributed by atoms with E-state index in [1.54, 1.807) is 11.4 Å². The van der Waals surface area contributed by atoms with Gasteiger partial charge >= 0.3 is 5.97 Å². The minimum atomic E-state index is -0.515. The molecule has 0 bridgehead atoms. The number of rotatable bonds is 3. The molecule has 0 aliphatic rings. The summed E-state index contributed by atoms with van der Waals surface area (Å²) in [6.45, 7) is 0. The van der Waals surface area contributed by atoms with Crippen LogP contribution in [0.15, 0.2) is 29.6 Å². The normalized spacial score (nSPS) is 10.1. The van der Waals surface area contributed by atoms with Gasteiger partial charge in [-0.1, -0.05) is 11.6 Å². The van der Waals surface area contributed by atoms with Gasteiger partial charge in [0, 0.05) is 5.56 Å². The molecular formula is C13H10ClNO4S. The molecule has 0 spiro atoms. The van der Waals surface area contributed by atoms with E-state index in [0.717, 1.165) is 0 Å². The molecule has 0 radical (unpaired) electrons. The number of phenols is 1. The predicted octanol–water partition coefficient (Wildman–Crippen LogP) is 3.15. The van der Waals surface area contributed by atoms with E-state index in [1.807, 2.05) is 0 Å². The second kappa shape index (κ2) is 5.94. The lowest BCUT2D eigenvalue weighted by molar-refractivity contribution is 0.0607. The van der Waals surface area contributed by atoms with Crippen molar-refractivity contribution in [2.45, 2.75) is 0 Å². The Morgan fingerprint density at radius 3 is 2.75 bits per heavy atom. The Morgan fingerprint density at radius 1 is 1.35 bits per heavy atom. The van der Waals surface area contributed by atoms with E-state index in [1.165, 1.54) is 36.6 Å².